The van der Waals surface area contributed by atoms with Gasteiger partial charge in [0.2, 0.25) is 0 Å². The number of phenolic OH excluding ortho intramolecular Hbond substituents is 1. The fraction of sp³-hybridized carbons (Fsp3) is 0.368. The maximum Gasteiger partial charge on any atom is 0.257 e. The first-order valence-electron chi connectivity index (χ1n) is 8.43. The Morgan fingerprint density at radius 1 is 1.28 bits per heavy atom. The largest absolute Gasteiger partial charge is 0.507 e. The number of phenols is 1. The lowest BCUT2D eigenvalue weighted by atomic mass is 10.0. The second-order valence-corrected chi connectivity index (χ2v) is 6.26. The number of aromatic hydroxyl groups is 1. The molecule has 0 unspecified atom stereocenters. The molecule has 1 amide bonds. The van der Waals surface area contributed by atoms with Gasteiger partial charge in [0.25, 0.3) is 5.91 Å². The third kappa shape index (κ3) is 4.02. The Hall–Kier alpha value is -2.76. The summed E-state index contributed by atoms with van der Waals surface area (Å²) >= 11 is 0. The quantitative estimate of drug-likeness (QED) is 0.894. The maximum atomic E-state index is 12.6. The number of amides is 1. The lowest BCUT2D eigenvalue weighted by Gasteiger charge is -2.32. The lowest BCUT2D eigenvalue weighted by Crippen LogP contribution is -2.42. The summed E-state index contributed by atoms with van der Waals surface area (Å²) in [5.74, 6) is 1.21. The number of hydrogen-bond donors (Lipinski definition) is 2. The number of methoxy groups -OCH3 is 1. The number of carbonyl (C=O) groups is 1. The summed E-state index contributed by atoms with van der Waals surface area (Å²) in [6.07, 6.45) is 1.69. The molecule has 1 aliphatic heterocycles. The number of benzene rings is 1. The van der Waals surface area contributed by atoms with Crippen molar-refractivity contribution in [2.45, 2.75) is 25.8 Å². The Kier molecular flexibility index (Phi) is 5.07. The zero-order valence-corrected chi connectivity index (χ0v) is 14.5. The van der Waals surface area contributed by atoms with Crippen LogP contribution in [0.5, 0.6) is 11.5 Å². The number of pyridine rings is 1. The van der Waals surface area contributed by atoms with Crippen molar-refractivity contribution in [3.8, 4) is 11.5 Å². The van der Waals surface area contributed by atoms with Crippen LogP contribution in [-0.4, -0.2) is 47.1 Å². The standard InChI is InChI=1S/C19H23N3O3/c1-13-4-3-5-18(20-13)21-14-8-10-22(11-9-14)19(24)16-7-6-15(25-2)12-17(16)23/h3-7,12,14,23H,8-11H2,1-2H3,(H,20,21). The number of anilines is 1. The summed E-state index contributed by atoms with van der Waals surface area (Å²) in [6.45, 7) is 3.26. The second-order valence-electron chi connectivity index (χ2n) is 6.26. The van der Waals surface area contributed by atoms with Crippen LogP contribution in [-0.2, 0) is 0 Å². The minimum Gasteiger partial charge on any atom is -0.507 e. The van der Waals surface area contributed by atoms with Gasteiger partial charge in [0.15, 0.2) is 0 Å². The van der Waals surface area contributed by atoms with E-state index in [1.807, 2.05) is 25.1 Å². The molecule has 132 valence electrons. The van der Waals surface area contributed by atoms with Crippen LogP contribution >= 0.6 is 0 Å². The molecule has 1 fully saturated rings. The predicted octanol–water partition coefficient (Wildman–Crippen LogP) is 2.82. The highest BCUT2D eigenvalue weighted by molar-refractivity contribution is 5.97. The van der Waals surface area contributed by atoms with Crippen molar-refractivity contribution in [3.05, 3.63) is 47.7 Å². The highest BCUT2D eigenvalue weighted by Gasteiger charge is 2.25. The molecule has 0 spiro atoms. The number of aryl methyl sites for hydroxylation is 1. The SMILES string of the molecule is COc1ccc(C(=O)N2CCC(Nc3cccc(C)n3)CC2)c(O)c1. The molecule has 2 heterocycles. The van der Waals surface area contributed by atoms with Gasteiger partial charge in [-0.15, -0.1) is 0 Å². The Labute approximate surface area is 147 Å². The van der Waals surface area contributed by atoms with Crippen LogP contribution in [0.2, 0.25) is 0 Å². The predicted molar refractivity (Wildman–Crippen MR) is 96.2 cm³/mol. The Bertz CT molecular complexity index is 755. The van der Waals surface area contributed by atoms with E-state index in [2.05, 4.69) is 10.3 Å². The molecule has 1 aromatic carbocycles. The smallest absolute Gasteiger partial charge is 0.257 e. The molecule has 0 atom stereocenters. The molecular weight excluding hydrogens is 318 g/mol. The van der Waals surface area contributed by atoms with E-state index in [9.17, 15) is 9.90 Å². The van der Waals surface area contributed by atoms with Crippen molar-refractivity contribution in [2.24, 2.45) is 0 Å². The van der Waals surface area contributed by atoms with Crippen molar-refractivity contribution in [1.82, 2.24) is 9.88 Å². The molecule has 1 saturated heterocycles. The van der Waals surface area contributed by atoms with Gasteiger partial charge in [0.05, 0.1) is 12.7 Å². The van der Waals surface area contributed by atoms with Crippen LogP contribution in [0, 0.1) is 6.92 Å². The summed E-state index contributed by atoms with van der Waals surface area (Å²) in [5, 5.41) is 13.5. The monoisotopic (exact) mass is 341 g/mol. The van der Waals surface area contributed by atoms with E-state index < -0.39 is 0 Å². The minimum atomic E-state index is -0.146. The maximum absolute atomic E-state index is 12.6. The summed E-state index contributed by atoms with van der Waals surface area (Å²) in [5.41, 5.74) is 1.29. The highest BCUT2D eigenvalue weighted by atomic mass is 16.5. The van der Waals surface area contributed by atoms with Crippen LogP contribution in [0.4, 0.5) is 5.82 Å². The summed E-state index contributed by atoms with van der Waals surface area (Å²) in [4.78, 5) is 18.9. The van der Waals surface area contributed by atoms with E-state index in [-0.39, 0.29) is 11.7 Å². The number of aromatic nitrogens is 1. The third-order valence-electron chi connectivity index (χ3n) is 4.46. The van der Waals surface area contributed by atoms with Gasteiger partial charge in [-0.05, 0) is 44.0 Å². The minimum absolute atomic E-state index is 0.0476. The molecule has 3 rings (SSSR count). The number of rotatable bonds is 4. The van der Waals surface area contributed by atoms with Gasteiger partial charge in [-0.2, -0.15) is 0 Å². The molecule has 6 heteroatoms. The number of carbonyl (C=O) groups excluding carboxylic acids is 1. The van der Waals surface area contributed by atoms with E-state index in [1.165, 1.54) is 13.2 Å². The second kappa shape index (κ2) is 7.42. The molecular formula is C19H23N3O3. The summed E-state index contributed by atoms with van der Waals surface area (Å²) in [6, 6.07) is 11.0. The van der Waals surface area contributed by atoms with Crippen molar-refractivity contribution in [2.75, 3.05) is 25.5 Å². The van der Waals surface area contributed by atoms with Gasteiger partial charge < -0.3 is 20.1 Å². The van der Waals surface area contributed by atoms with E-state index in [4.69, 9.17) is 4.74 Å². The van der Waals surface area contributed by atoms with Crippen molar-refractivity contribution in [3.63, 3.8) is 0 Å². The van der Waals surface area contributed by atoms with E-state index in [0.717, 1.165) is 24.4 Å². The van der Waals surface area contributed by atoms with Gasteiger partial charge in [0.1, 0.15) is 17.3 Å². The number of hydrogen-bond acceptors (Lipinski definition) is 5. The first-order valence-corrected chi connectivity index (χ1v) is 8.43. The van der Waals surface area contributed by atoms with Crippen molar-refractivity contribution in [1.29, 1.82) is 0 Å². The van der Waals surface area contributed by atoms with Crippen LogP contribution < -0.4 is 10.1 Å². The van der Waals surface area contributed by atoms with E-state index in [1.54, 1.807) is 17.0 Å². The van der Waals surface area contributed by atoms with Gasteiger partial charge >= 0.3 is 0 Å². The first kappa shape index (κ1) is 17.1. The summed E-state index contributed by atoms with van der Waals surface area (Å²) < 4.78 is 5.06. The van der Waals surface area contributed by atoms with Crippen molar-refractivity contribution < 1.29 is 14.6 Å². The number of nitrogens with one attached hydrogen (secondary N) is 1. The molecule has 0 radical (unpaired) electrons. The Balaban J connectivity index is 1.59. The molecule has 0 aliphatic carbocycles. The van der Waals surface area contributed by atoms with Crippen molar-refractivity contribution >= 4 is 11.7 Å². The zero-order valence-electron chi connectivity index (χ0n) is 14.5. The van der Waals surface area contributed by atoms with E-state index in [0.29, 0.717) is 30.4 Å². The number of ether oxygens (including phenoxy) is 1. The van der Waals surface area contributed by atoms with Gasteiger partial charge in [-0.25, -0.2) is 4.98 Å². The Morgan fingerprint density at radius 2 is 2.04 bits per heavy atom. The molecule has 25 heavy (non-hydrogen) atoms. The van der Waals surface area contributed by atoms with Crippen LogP contribution in [0.1, 0.15) is 28.9 Å². The van der Waals surface area contributed by atoms with Crippen LogP contribution in [0.3, 0.4) is 0 Å². The highest BCUT2D eigenvalue weighted by Crippen LogP contribution is 2.26. The molecule has 1 aromatic heterocycles. The molecule has 2 aromatic rings. The molecule has 1 aliphatic rings. The van der Waals surface area contributed by atoms with Crippen LogP contribution in [0.15, 0.2) is 36.4 Å². The third-order valence-corrected chi connectivity index (χ3v) is 4.46. The fourth-order valence-electron chi connectivity index (χ4n) is 3.05. The van der Waals surface area contributed by atoms with Crippen LogP contribution in [0.25, 0.3) is 0 Å². The number of likely N-dealkylation sites (tertiary alicyclic amines) is 1. The average molecular weight is 341 g/mol. The molecule has 0 bridgehead atoms. The normalized spacial score (nSPS) is 15.0. The molecule has 0 saturated carbocycles. The lowest BCUT2D eigenvalue weighted by molar-refractivity contribution is 0.0715. The fourth-order valence-corrected chi connectivity index (χ4v) is 3.05. The summed E-state index contributed by atoms with van der Waals surface area (Å²) in [7, 11) is 1.52. The number of nitrogens with zero attached hydrogens (tertiary/aromatic N) is 2. The topological polar surface area (TPSA) is 74.7 Å². The van der Waals surface area contributed by atoms with E-state index >= 15 is 0 Å². The number of piperidine rings is 1. The average Bonchev–Trinajstić information content (AvgIpc) is 2.62. The zero-order chi connectivity index (χ0) is 17.8. The van der Waals surface area contributed by atoms with Gasteiger partial charge in [-0.1, -0.05) is 6.07 Å². The molecule has 2 N–H and O–H groups in total. The van der Waals surface area contributed by atoms with Gasteiger partial charge in [0, 0.05) is 30.9 Å². The molecule has 6 nitrogen and oxygen atoms in total. The first-order chi connectivity index (χ1) is 12.1. The van der Waals surface area contributed by atoms with Gasteiger partial charge in [-0.3, -0.25) is 4.79 Å². The Morgan fingerprint density at radius 3 is 2.68 bits per heavy atom.